The highest BCUT2D eigenvalue weighted by Gasteiger charge is 2.22. The molecule has 0 nitrogen and oxygen atoms in total. The molecule has 1 atom stereocenters. The van der Waals surface area contributed by atoms with E-state index in [1.807, 2.05) is 23.5 Å². The molecule has 0 aliphatic carbocycles. The van der Waals surface area contributed by atoms with Crippen LogP contribution in [0, 0.1) is 0 Å². The van der Waals surface area contributed by atoms with Crippen molar-refractivity contribution >= 4 is 35.1 Å². The summed E-state index contributed by atoms with van der Waals surface area (Å²) in [5.74, 6) is 2.58. The van der Waals surface area contributed by atoms with E-state index < -0.39 is 0 Å². The van der Waals surface area contributed by atoms with Gasteiger partial charge in [0.05, 0.1) is 9.96 Å². The van der Waals surface area contributed by atoms with Crippen molar-refractivity contribution in [3.63, 3.8) is 0 Å². The number of hydrogen-bond acceptors (Lipinski definition) is 2. The van der Waals surface area contributed by atoms with Gasteiger partial charge in [-0.3, -0.25) is 0 Å². The zero-order valence-electron chi connectivity index (χ0n) is 5.47. The predicted octanol–water partition coefficient (Wildman–Crippen LogP) is 2.81. The van der Waals surface area contributed by atoms with Crippen LogP contribution < -0.4 is 0 Å². The molecule has 1 aliphatic rings. The molecule has 54 valence electrons. The predicted molar refractivity (Wildman–Crippen MR) is 48.6 cm³/mol. The van der Waals surface area contributed by atoms with Crippen molar-refractivity contribution in [2.75, 3.05) is 11.5 Å². The minimum absolute atomic E-state index is 0.391. The van der Waals surface area contributed by atoms with Crippen LogP contribution in [0.4, 0.5) is 0 Å². The number of thioether (sulfide) groups is 2. The van der Waals surface area contributed by atoms with Gasteiger partial charge >= 0.3 is 0 Å². The third-order valence-electron chi connectivity index (χ3n) is 1.33. The van der Waals surface area contributed by atoms with E-state index in [0.717, 1.165) is 6.42 Å². The van der Waals surface area contributed by atoms with Crippen LogP contribution in [0.1, 0.15) is 13.3 Å². The zero-order chi connectivity index (χ0) is 6.69. The summed E-state index contributed by atoms with van der Waals surface area (Å²) in [7, 11) is 0. The first-order chi connectivity index (χ1) is 4.34. The van der Waals surface area contributed by atoms with Crippen molar-refractivity contribution in [2.45, 2.75) is 23.3 Å². The third-order valence-corrected chi connectivity index (χ3v) is 5.46. The molecule has 9 heavy (non-hydrogen) atoms. The highest BCUT2D eigenvalue weighted by atomic mass is 35.5. The van der Waals surface area contributed by atoms with E-state index in [-0.39, 0.29) is 0 Å². The van der Waals surface area contributed by atoms with Gasteiger partial charge in [0.2, 0.25) is 0 Å². The minimum atomic E-state index is 0.391. The second-order valence-corrected chi connectivity index (χ2v) is 5.39. The molecule has 0 amide bonds. The zero-order valence-corrected chi connectivity index (χ0v) is 7.86. The van der Waals surface area contributed by atoms with Crippen LogP contribution in [0.2, 0.25) is 0 Å². The van der Waals surface area contributed by atoms with E-state index in [0.29, 0.717) is 9.96 Å². The number of halogens is 1. The van der Waals surface area contributed by atoms with Crippen LogP contribution in [0.15, 0.2) is 0 Å². The fourth-order valence-corrected chi connectivity index (χ4v) is 4.21. The standard InChI is InChI=1S/C6H11ClS2/c1-2-5(7)6-8-3-4-9-6/h5-6H,2-4H2,1H3. The van der Waals surface area contributed by atoms with Gasteiger partial charge in [0, 0.05) is 11.5 Å². The molecule has 0 N–H and O–H groups in total. The van der Waals surface area contributed by atoms with Crippen LogP contribution in [0.5, 0.6) is 0 Å². The van der Waals surface area contributed by atoms with Gasteiger partial charge in [-0.25, -0.2) is 0 Å². The van der Waals surface area contributed by atoms with Gasteiger partial charge in [-0.2, -0.15) is 0 Å². The van der Waals surface area contributed by atoms with Crippen LogP contribution >= 0.6 is 35.1 Å². The molecular weight excluding hydrogens is 172 g/mol. The number of rotatable bonds is 2. The Bertz CT molecular complexity index is 81.1. The fraction of sp³-hybridized carbons (Fsp3) is 1.00. The van der Waals surface area contributed by atoms with E-state index in [1.54, 1.807) is 0 Å². The van der Waals surface area contributed by atoms with Gasteiger partial charge in [-0.15, -0.1) is 35.1 Å². The Labute approximate surface area is 70.1 Å². The van der Waals surface area contributed by atoms with E-state index in [2.05, 4.69) is 6.92 Å². The molecule has 1 heterocycles. The van der Waals surface area contributed by atoms with Crippen molar-refractivity contribution < 1.29 is 0 Å². The lowest BCUT2D eigenvalue weighted by molar-refractivity contribution is 0.883. The molecule has 1 fully saturated rings. The maximum atomic E-state index is 6.03. The molecular formula is C6H11ClS2. The van der Waals surface area contributed by atoms with E-state index in [4.69, 9.17) is 11.6 Å². The van der Waals surface area contributed by atoms with Crippen LogP contribution in [0.25, 0.3) is 0 Å². The lowest BCUT2D eigenvalue weighted by Gasteiger charge is -2.11. The summed E-state index contributed by atoms with van der Waals surface area (Å²) in [4.78, 5) is 0. The average Bonchev–Trinajstić information content (AvgIpc) is 2.37. The Morgan fingerprint density at radius 1 is 1.56 bits per heavy atom. The number of hydrogen-bond donors (Lipinski definition) is 0. The topological polar surface area (TPSA) is 0 Å². The van der Waals surface area contributed by atoms with Gasteiger partial charge in [0.1, 0.15) is 0 Å². The van der Waals surface area contributed by atoms with Crippen molar-refractivity contribution in [1.29, 1.82) is 0 Å². The van der Waals surface area contributed by atoms with Crippen LogP contribution in [0.3, 0.4) is 0 Å². The van der Waals surface area contributed by atoms with E-state index in [1.165, 1.54) is 11.5 Å². The Morgan fingerprint density at radius 3 is 2.56 bits per heavy atom. The van der Waals surface area contributed by atoms with Gasteiger partial charge in [-0.1, -0.05) is 6.92 Å². The summed E-state index contributed by atoms with van der Waals surface area (Å²) in [6, 6.07) is 0. The first-order valence-corrected chi connectivity index (χ1v) is 5.75. The van der Waals surface area contributed by atoms with Crippen molar-refractivity contribution in [3.8, 4) is 0 Å². The summed E-state index contributed by atoms with van der Waals surface area (Å²) >= 11 is 10.0. The normalized spacial score (nSPS) is 24.7. The highest BCUT2D eigenvalue weighted by Crippen LogP contribution is 2.37. The molecule has 0 aromatic carbocycles. The second-order valence-electron chi connectivity index (χ2n) is 2.03. The Balaban J connectivity index is 2.24. The van der Waals surface area contributed by atoms with Gasteiger partial charge in [0.15, 0.2) is 0 Å². The maximum Gasteiger partial charge on any atom is 0.0666 e. The molecule has 1 saturated heterocycles. The summed E-state index contributed by atoms with van der Waals surface area (Å²) < 4.78 is 0.677. The molecule has 0 spiro atoms. The van der Waals surface area contributed by atoms with Crippen molar-refractivity contribution in [2.24, 2.45) is 0 Å². The largest absolute Gasteiger partial charge is 0.145 e. The Morgan fingerprint density at radius 2 is 2.11 bits per heavy atom. The van der Waals surface area contributed by atoms with Crippen LogP contribution in [-0.4, -0.2) is 21.5 Å². The SMILES string of the molecule is CCC(Cl)C1SCCS1. The van der Waals surface area contributed by atoms with Crippen molar-refractivity contribution in [3.05, 3.63) is 0 Å². The molecule has 1 unspecified atom stereocenters. The molecule has 0 aromatic heterocycles. The van der Waals surface area contributed by atoms with Crippen molar-refractivity contribution in [1.82, 2.24) is 0 Å². The summed E-state index contributed by atoms with van der Waals surface area (Å²) in [6.45, 7) is 2.15. The quantitative estimate of drug-likeness (QED) is 0.603. The maximum absolute atomic E-state index is 6.03. The lowest BCUT2D eigenvalue weighted by Crippen LogP contribution is -2.08. The molecule has 3 heteroatoms. The summed E-state index contributed by atoms with van der Waals surface area (Å²) in [5, 5.41) is 0.391. The molecule has 1 rings (SSSR count). The summed E-state index contributed by atoms with van der Waals surface area (Å²) in [5.41, 5.74) is 0. The van der Waals surface area contributed by atoms with Crippen LogP contribution in [-0.2, 0) is 0 Å². The molecule has 0 bridgehead atoms. The summed E-state index contributed by atoms with van der Waals surface area (Å²) in [6.07, 6.45) is 1.10. The average molecular weight is 183 g/mol. The highest BCUT2D eigenvalue weighted by molar-refractivity contribution is 8.20. The molecule has 1 aliphatic heterocycles. The molecule has 0 saturated carbocycles. The first kappa shape index (κ1) is 8.09. The van der Waals surface area contributed by atoms with E-state index >= 15 is 0 Å². The second kappa shape index (κ2) is 3.99. The Kier molecular flexibility index (Phi) is 3.59. The van der Waals surface area contributed by atoms with Gasteiger partial charge in [-0.05, 0) is 6.42 Å². The molecule has 0 aromatic rings. The Hall–Kier alpha value is 0.990. The lowest BCUT2D eigenvalue weighted by atomic mass is 10.4. The van der Waals surface area contributed by atoms with E-state index in [9.17, 15) is 0 Å². The third kappa shape index (κ3) is 2.24. The minimum Gasteiger partial charge on any atom is -0.145 e. The van der Waals surface area contributed by atoms with Gasteiger partial charge in [0.25, 0.3) is 0 Å². The smallest absolute Gasteiger partial charge is 0.0666 e. The monoisotopic (exact) mass is 182 g/mol. The molecule has 0 radical (unpaired) electrons. The fourth-order valence-electron chi connectivity index (χ4n) is 0.778. The number of alkyl halides is 1. The first-order valence-electron chi connectivity index (χ1n) is 3.22. The van der Waals surface area contributed by atoms with Gasteiger partial charge < -0.3 is 0 Å².